The summed E-state index contributed by atoms with van der Waals surface area (Å²) in [5.41, 5.74) is 1.12. The molecule has 2 unspecified atom stereocenters. The van der Waals surface area contributed by atoms with Crippen molar-refractivity contribution in [2.45, 2.75) is 56.7 Å². The van der Waals surface area contributed by atoms with E-state index in [4.69, 9.17) is 11.6 Å². The summed E-state index contributed by atoms with van der Waals surface area (Å²) in [6, 6.07) is 11.5. The number of carbonyl (C=O) groups excluding carboxylic acids is 3. The van der Waals surface area contributed by atoms with Gasteiger partial charge in [0.05, 0.1) is 0 Å². The van der Waals surface area contributed by atoms with Gasteiger partial charge in [-0.1, -0.05) is 41.9 Å². The molecule has 1 aliphatic heterocycles. The molecule has 40 heavy (non-hydrogen) atoms. The van der Waals surface area contributed by atoms with E-state index in [-0.39, 0.29) is 40.8 Å². The van der Waals surface area contributed by atoms with Crippen LogP contribution in [0.15, 0.2) is 66.9 Å². The number of anilines is 2. The third-order valence-corrected chi connectivity index (χ3v) is 7.45. The van der Waals surface area contributed by atoms with E-state index < -0.39 is 54.5 Å². The minimum atomic E-state index is -2.89. The Kier molecular flexibility index (Phi) is 7.55. The topological polar surface area (TPSA) is 82.6 Å². The van der Waals surface area contributed by atoms with Gasteiger partial charge in [0.15, 0.2) is 0 Å². The zero-order valence-electron chi connectivity index (χ0n) is 21.5. The van der Waals surface area contributed by atoms with Crippen LogP contribution in [0.2, 0.25) is 5.02 Å². The maximum Gasteiger partial charge on any atom is 0.252 e. The van der Waals surface area contributed by atoms with Gasteiger partial charge in [-0.15, -0.1) is 0 Å². The average molecular weight is 571 g/mol. The van der Waals surface area contributed by atoms with E-state index >= 15 is 0 Å². The second-order valence-corrected chi connectivity index (χ2v) is 10.5. The summed E-state index contributed by atoms with van der Waals surface area (Å²) in [5, 5.41) is 2.76. The van der Waals surface area contributed by atoms with E-state index in [1.54, 1.807) is 36.5 Å². The van der Waals surface area contributed by atoms with Gasteiger partial charge in [0, 0.05) is 47.8 Å². The lowest BCUT2D eigenvalue weighted by Gasteiger charge is -2.39. The second-order valence-electron chi connectivity index (χ2n) is 10.1. The Morgan fingerprint density at radius 2 is 1.88 bits per heavy atom. The van der Waals surface area contributed by atoms with Crippen LogP contribution in [0, 0.1) is 12.7 Å². The van der Waals surface area contributed by atoms with Gasteiger partial charge in [0.2, 0.25) is 11.8 Å². The van der Waals surface area contributed by atoms with Gasteiger partial charge in [-0.25, -0.2) is 18.2 Å². The zero-order valence-corrected chi connectivity index (χ0v) is 22.2. The molecule has 3 amide bonds. The number of carbonyl (C=O) groups is 3. The van der Waals surface area contributed by atoms with E-state index in [0.29, 0.717) is 0 Å². The van der Waals surface area contributed by atoms with Crippen LogP contribution in [0.25, 0.3) is 0 Å². The van der Waals surface area contributed by atoms with Gasteiger partial charge in [-0.3, -0.25) is 24.2 Å². The number of benzene rings is 2. The maximum atomic E-state index is 14.5. The lowest BCUT2D eigenvalue weighted by Crippen LogP contribution is -2.56. The van der Waals surface area contributed by atoms with Crippen LogP contribution in [-0.4, -0.2) is 40.7 Å². The molecule has 2 aromatic carbocycles. The van der Waals surface area contributed by atoms with E-state index in [1.807, 2.05) is 6.92 Å². The van der Waals surface area contributed by atoms with Crippen LogP contribution < -0.4 is 15.1 Å². The number of halogens is 4. The largest absolute Gasteiger partial charge is 0.351 e. The molecule has 0 radical (unpaired) electrons. The number of rotatable bonds is 7. The van der Waals surface area contributed by atoms with Gasteiger partial charge in [-0.05, 0) is 49.2 Å². The molecule has 2 aliphatic rings. The summed E-state index contributed by atoms with van der Waals surface area (Å²) < 4.78 is 41.6. The minimum absolute atomic E-state index is 0.0418. The first kappa shape index (κ1) is 27.6. The highest BCUT2D eigenvalue weighted by Gasteiger charge is 2.48. The number of pyridine rings is 1. The Balaban J connectivity index is 1.60. The van der Waals surface area contributed by atoms with Crippen LogP contribution in [0.5, 0.6) is 0 Å². The summed E-state index contributed by atoms with van der Waals surface area (Å²) >= 11 is 6.50. The summed E-state index contributed by atoms with van der Waals surface area (Å²) in [4.78, 5) is 47.8. The standard InChI is InChI=1S/C29H26ClF3N4O3/c1-17-9-11-24(34-16-17)37-23(10-12-25(37)38)28(40)36(20-6-4-5-18(31)13-20)26(21-7-2-3-8-22(21)30)27(39)35-19-14-29(32,33)15-19/h2-9,11,13,16,19,23,26H,10,12,14-15H2,1H3,(H,35,39). The number of alkyl halides is 2. The number of hydrogen-bond acceptors (Lipinski definition) is 4. The lowest BCUT2D eigenvalue weighted by atomic mass is 9.87. The normalized spacial score (nSPS) is 19.2. The Morgan fingerprint density at radius 3 is 2.52 bits per heavy atom. The monoisotopic (exact) mass is 570 g/mol. The number of nitrogens with one attached hydrogen (secondary N) is 1. The van der Waals surface area contributed by atoms with Crippen LogP contribution in [0.1, 0.15) is 42.9 Å². The average Bonchev–Trinajstić information content (AvgIpc) is 3.28. The van der Waals surface area contributed by atoms with Crippen LogP contribution in [-0.2, 0) is 14.4 Å². The highest BCUT2D eigenvalue weighted by atomic mass is 35.5. The lowest BCUT2D eigenvalue weighted by molar-refractivity contribution is -0.133. The molecule has 11 heteroatoms. The second kappa shape index (κ2) is 10.9. The van der Waals surface area contributed by atoms with E-state index in [0.717, 1.165) is 16.5 Å². The predicted octanol–water partition coefficient (Wildman–Crippen LogP) is 5.37. The molecule has 1 saturated heterocycles. The Morgan fingerprint density at radius 1 is 1.12 bits per heavy atom. The highest BCUT2D eigenvalue weighted by Crippen LogP contribution is 2.39. The van der Waals surface area contributed by atoms with E-state index in [2.05, 4.69) is 10.3 Å². The SMILES string of the molecule is Cc1ccc(N2C(=O)CCC2C(=O)N(c2cccc(F)c2)C(C(=O)NC2CC(F)(F)C2)c2ccccc2Cl)nc1. The minimum Gasteiger partial charge on any atom is -0.351 e. The van der Waals surface area contributed by atoms with Crippen molar-refractivity contribution >= 4 is 40.8 Å². The molecule has 208 valence electrons. The molecular weight excluding hydrogens is 545 g/mol. The molecule has 0 spiro atoms. The Bertz CT molecular complexity index is 1440. The van der Waals surface area contributed by atoms with Crippen molar-refractivity contribution in [3.05, 3.63) is 88.8 Å². The van der Waals surface area contributed by atoms with Crippen molar-refractivity contribution in [2.75, 3.05) is 9.80 Å². The first-order chi connectivity index (χ1) is 19.0. The number of amides is 3. The third kappa shape index (κ3) is 5.54. The number of nitrogens with zero attached hydrogens (tertiary/aromatic N) is 3. The molecular formula is C29H26ClF3N4O3. The van der Waals surface area contributed by atoms with E-state index in [9.17, 15) is 27.6 Å². The van der Waals surface area contributed by atoms with Crippen molar-refractivity contribution in [1.29, 1.82) is 0 Å². The van der Waals surface area contributed by atoms with Crippen molar-refractivity contribution in [2.24, 2.45) is 0 Å². The summed E-state index contributed by atoms with van der Waals surface area (Å²) in [6.45, 7) is 1.84. The fraction of sp³-hybridized carbons (Fsp3) is 0.310. The molecule has 1 saturated carbocycles. The summed E-state index contributed by atoms with van der Waals surface area (Å²) in [7, 11) is 0. The molecule has 1 aliphatic carbocycles. The summed E-state index contributed by atoms with van der Waals surface area (Å²) in [6.07, 6.45) is 0.687. The van der Waals surface area contributed by atoms with E-state index in [1.165, 1.54) is 29.2 Å². The number of hydrogen-bond donors (Lipinski definition) is 1. The fourth-order valence-corrected chi connectivity index (χ4v) is 5.37. The zero-order chi connectivity index (χ0) is 28.6. The number of aryl methyl sites for hydroxylation is 1. The molecule has 1 N–H and O–H groups in total. The quantitative estimate of drug-likeness (QED) is 0.414. The van der Waals surface area contributed by atoms with Crippen molar-refractivity contribution in [3.8, 4) is 0 Å². The van der Waals surface area contributed by atoms with Crippen LogP contribution in [0.4, 0.5) is 24.7 Å². The molecule has 2 fully saturated rings. The van der Waals surface area contributed by atoms with Crippen molar-refractivity contribution in [1.82, 2.24) is 10.3 Å². The van der Waals surface area contributed by atoms with Gasteiger partial charge >= 0.3 is 0 Å². The van der Waals surface area contributed by atoms with Gasteiger partial charge < -0.3 is 5.32 Å². The molecule has 2 atom stereocenters. The van der Waals surface area contributed by atoms with Gasteiger partial charge in [-0.2, -0.15) is 0 Å². The van der Waals surface area contributed by atoms with Gasteiger partial charge in [0.1, 0.15) is 23.7 Å². The maximum absolute atomic E-state index is 14.5. The molecule has 5 rings (SSSR count). The van der Waals surface area contributed by atoms with Crippen LogP contribution in [0.3, 0.4) is 0 Å². The molecule has 0 bridgehead atoms. The smallest absolute Gasteiger partial charge is 0.252 e. The molecule has 1 aromatic heterocycles. The Labute approximate surface area is 233 Å². The first-order valence-electron chi connectivity index (χ1n) is 12.8. The predicted molar refractivity (Wildman–Crippen MR) is 144 cm³/mol. The fourth-order valence-electron chi connectivity index (χ4n) is 5.14. The molecule has 7 nitrogen and oxygen atoms in total. The molecule has 3 aromatic rings. The third-order valence-electron chi connectivity index (χ3n) is 7.11. The van der Waals surface area contributed by atoms with Crippen molar-refractivity contribution in [3.63, 3.8) is 0 Å². The van der Waals surface area contributed by atoms with Crippen LogP contribution >= 0.6 is 11.6 Å². The molecule has 2 heterocycles. The van der Waals surface area contributed by atoms with Crippen molar-refractivity contribution < 1.29 is 27.6 Å². The Hall–Kier alpha value is -3.92. The first-order valence-corrected chi connectivity index (χ1v) is 13.2. The van der Waals surface area contributed by atoms with Gasteiger partial charge in [0.25, 0.3) is 11.8 Å². The highest BCUT2D eigenvalue weighted by molar-refractivity contribution is 6.31. The number of aromatic nitrogens is 1. The summed E-state index contributed by atoms with van der Waals surface area (Å²) in [5.74, 6) is -5.03.